The Kier molecular flexibility index (Phi) is 3.09. The van der Waals surface area contributed by atoms with E-state index in [0.717, 1.165) is 0 Å². The molecule has 0 heterocycles. The zero-order valence-electron chi connectivity index (χ0n) is 8.07. The summed E-state index contributed by atoms with van der Waals surface area (Å²) >= 11 is 0. The number of carbonyl (C=O) groups is 1. The van der Waals surface area contributed by atoms with Crippen molar-refractivity contribution in [3.63, 3.8) is 0 Å². The molecule has 0 atom stereocenters. The minimum Gasteiger partial charge on any atom is -0.504 e. The topological polar surface area (TPSA) is 66.8 Å². The fourth-order valence-corrected chi connectivity index (χ4v) is 1.28. The number of methoxy groups -OCH3 is 1. The van der Waals surface area contributed by atoms with E-state index in [9.17, 15) is 15.0 Å². The number of aryl methyl sites for hydroxylation is 1. The zero-order chi connectivity index (χ0) is 10.7. The predicted molar refractivity (Wildman–Crippen MR) is 50.6 cm³/mol. The highest BCUT2D eigenvalue weighted by Gasteiger charge is 2.14. The van der Waals surface area contributed by atoms with Crippen LogP contribution in [0.5, 0.6) is 11.5 Å². The van der Waals surface area contributed by atoms with Gasteiger partial charge in [0.15, 0.2) is 17.8 Å². The van der Waals surface area contributed by atoms with Crippen molar-refractivity contribution in [2.45, 2.75) is 13.5 Å². The van der Waals surface area contributed by atoms with E-state index < -0.39 is 0 Å². The Hall–Kier alpha value is -1.55. The molecular formula is C10H12O4. The quantitative estimate of drug-likeness (QED) is 0.566. The monoisotopic (exact) mass is 196 g/mol. The molecule has 0 aromatic heterocycles. The van der Waals surface area contributed by atoms with Gasteiger partial charge in [0.1, 0.15) is 0 Å². The second-order valence-electron chi connectivity index (χ2n) is 3.01. The summed E-state index contributed by atoms with van der Waals surface area (Å²) in [6, 6.07) is 1.61. The lowest BCUT2D eigenvalue weighted by Gasteiger charge is -2.09. The van der Waals surface area contributed by atoms with Crippen LogP contribution >= 0.6 is 0 Å². The fourth-order valence-electron chi connectivity index (χ4n) is 1.28. The second-order valence-corrected chi connectivity index (χ2v) is 3.01. The lowest BCUT2D eigenvalue weighted by atomic mass is 10.0. The summed E-state index contributed by atoms with van der Waals surface area (Å²) in [4.78, 5) is 10.7. The minimum atomic E-state index is -0.382. The Bertz CT molecular complexity index is 358. The number of ether oxygens (including phenoxy) is 1. The molecule has 76 valence electrons. The van der Waals surface area contributed by atoms with Gasteiger partial charge < -0.3 is 14.9 Å². The fraction of sp³-hybridized carbons (Fsp3) is 0.300. The molecule has 0 aliphatic heterocycles. The zero-order valence-corrected chi connectivity index (χ0v) is 8.07. The third-order valence-corrected chi connectivity index (χ3v) is 2.01. The highest BCUT2D eigenvalue weighted by molar-refractivity contribution is 5.83. The van der Waals surface area contributed by atoms with Crippen molar-refractivity contribution in [1.82, 2.24) is 0 Å². The van der Waals surface area contributed by atoms with Gasteiger partial charge in [-0.2, -0.15) is 0 Å². The average molecular weight is 196 g/mol. The maximum Gasteiger partial charge on any atom is 0.168 e. The maximum absolute atomic E-state index is 10.7. The molecule has 0 saturated carbocycles. The van der Waals surface area contributed by atoms with Crippen LogP contribution in [0.15, 0.2) is 6.07 Å². The van der Waals surface area contributed by atoms with E-state index in [2.05, 4.69) is 0 Å². The highest BCUT2D eigenvalue weighted by atomic mass is 16.5. The molecule has 0 spiro atoms. The average Bonchev–Trinajstić information content (AvgIpc) is 2.16. The van der Waals surface area contributed by atoms with E-state index in [1.807, 2.05) is 0 Å². The van der Waals surface area contributed by atoms with Crippen LogP contribution in [0.4, 0.5) is 0 Å². The molecule has 0 aliphatic carbocycles. The molecule has 0 amide bonds. The van der Waals surface area contributed by atoms with Crippen molar-refractivity contribution in [1.29, 1.82) is 0 Å². The van der Waals surface area contributed by atoms with Gasteiger partial charge in [0, 0.05) is 7.11 Å². The number of aromatic hydroxyl groups is 2. The number of phenols is 2. The third-order valence-electron chi connectivity index (χ3n) is 2.01. The van der Waals surface area contributed by atoms with Gasteiger partial charge in [0.25, 0.3) is 0 Å². The Morgan fingerprint density at radius 3 is 2.57 bits per heavy atom. The van der Waals surface area contributed by atoms with Crippen LogP contribution in [0.3, 0.4) is 0 Å². The summed E-state index contributed by atoms with van der Waals surface area (Å²) in [6.07, 6.45) is 0.503. The van der Waals surface area contributed by atoms with Crippen LogP contribution < -0.4 is 0 Å². The van der Waals surface area contributed by atoms with Crippen molar-refractivity contribution in [3.05, 3.63) is 22.8 Å². The van der Waals surface area contributed by atoms with Gasteiger partial charge in [-0.25, -0.2) is 0 Å². The summed E-state index contributed by atoms with van der Waals surface area (Å²) in [7, 11) is 1.49. The van der Waals surface area contributed by atoms with Crippen LogP contribution in [-0.4, -0.2) is 23.6 Å². The van der Waals surface area contributed by atoms with Gasteiger partial charge in [0.05, 0.1) is 12.2 Å². The van der Waals surface area contributed by atoms with Gasteiger partial charge in [-0.3, -0.25) is 4.79 Å². The molecular weight excluding hydrogens is 184 g/mol. The molecule has 0 bridgehead atoms. The van der Waals surface area contributed by atoms with Gasteiger partial charge in [-0.1, -0.05) is 0 Å². The number of hydrogen-bond acceptors (Lipinski definition) is 4. The van der Waals surface area contributed by atoms with Crippen LogP contribution in [0.1, 0.15) is 21.5 Å². The molecule has 1 aromatic rings. The smallest absolute Gasteiger partial charge is 0.168 e. The van der Waals surface area contributed by atoms with Gasteiger partial charge in [-0.15, -0.1) is 0 Å². The molecule has 0 radical (unpaired) electrons. The van der Waals surface area contributed by atoms with E-state index in [-0.39, 0.29) is 23.7 Å². The first kappa shape index (κ1) is 10.5. The summed E-state index contributed by atoms with van der Waals surface area (Å²) < 4.78 is 4.87. The van der Waals surface area contributed by atoms with Crippen molar-refractivity contribution >= 4 is 6.29 Å². The predicted octanol–water partition coefficient (Wildman–Crippen LogP) is 1.37. The molecule has 0 aliphatic rings. The first-order chi connectivity index (χ1) is 6.61. The summed E-state index contributed by atoms with van der Waals surface area (Å²) in [5.74, 6) is -0.640. The Morgan fingerprint density at radius 1 is 1.43 bits per heavy atom. The standard InChI is InChI=1S/C10H12O4/c1-6-3-7(5-14-2)8(4-11)10(13)9(6)12/h3-4,12-13H,5H2,1-2H3. The molecule has 1 aromatic carbocycles. The minimum absolute atomic E-state index is 0.0787. The number of benzene rings is 1. The first-order valence-electron chi connectivity index (χ1n) is 4.10. The second kappa shape index (κ2) is 4.11. The Morgan fingerprint density at radius 2 is 2.07 bits per heavy atom. The van der Waals surface area contributed by atoms with Crippen molar-refractivity contribution in [2.75, 3.05) is 7.11 Å². The van der Waals surface area contributed by atoms with Gasteiger partial charge in [-0.05, 0) is 24.1 Å². The van der Waals surface area contributed by atoms with Crippen molar-refractivity contribution < 1.29 is 19.7 Å². The van der Waals surface area contributed by atoms with E-state index in [4.69, 9.17) is 4.74 Å². The number of rotatable bonds is 3. The van der Waals surface area contributed by atoms with E-state index in [1.54, 1.807) is 13.0 Å². The number of aldehydes is 1. The maximum atomic E-state index is 10.7. The summed E-state index contributed by atoms with van der Waals surface area (Å²) in [6.45, 7) is 1.87. The Balaban J connectivity index is 3.35. The molecule has 4 nitrogen and oxygen atoms in total. The molecule has 0 unspecified atom stereocenters. The molecule has 1 rings (SSSR count). The van der Waals surface area contributed by atoms with E-state index in [0.29, 0.717) is 17.4 Å². The number of hydrogen-bond donors (Lipinski definition) is 2. The summed E-state index contributed by atoms with van der Waals surface area (Å²) in [5, 5.41) is 18.8. The molecule has 2 N–H and O–H groups in total. The van der Waals surface area contributed by atoms with Crippen LogP contribution in [0.25, 0.3) is 0 Å². The van der Waals surface area contributed by atoms with Crippen LogP contribution in [-0.2, 0) is 11.3 Å². The van der Waals surface area contributed by atoms with E-state index in [1.165, 1.54) is 7.11 Å². The Labute approximate surface area is 81.8 Å². The molecule has 0 saturated heterocycles. The van der Waals surface area contributed by atoms with Crippen LogP contribution in [0, 0.1) is 6.92 Å². The number of carbonyl (C=O) groups excluding carboxylic acids is 1. The molecule has 4 heteroatoms. The van der Waals surface area contributed by atoms with Gasteiger partial charge in [0.2, 0.25) is 0 Å². The number of phenolic OH excluding ortho intramolecular Hbond substituents is 2. The van der Waals surface area contributed by atoms with Crippen molar-refractivity contribution in [2.24, 2.45) is 0 Å². The normalized spacial score (nSPS) is 10.1. The highest BCUT2D eigenvalue weighted by Crippen LogP contribution is 2.34. The first-order valence-corrected chi connectivity index (χ1v) is 4.10. The van der Waals surface area contributed by atoms with E-state index >= 15 is 0 Å². The SMILES string of the molecule is COCc1cc(C)c(O)c(O)c1C=O. The molecule has 0 fully saturated rings. The summed E-state index contributed by atoms with van der Waals surface area (Å²) in [5.41, 5.74) is 1.16. The van der Waals surface area contributed by atoms with Crippen LogP contribution in [0.2, 0.25) is 0 Å². The third kappa shape index (κ3) is 1.70. The largest absolute Gasteiger partial charge is 0.504 e. The lowest BCUT2D eigenvalue weighted by Crippen LogP contribution is -1.97. The van der Waals surface area contributed by atoms with Crippen molar-refractivity contribution in [3.8, 4) is 11.5 Å². The molecule has 14 heavy (non-hydrogen) atoms. The lowest BCUT2D eigenvalue weighted by molar-refractivity contribution is 0.111. The van der Waals surface area contributed by atoms with Gasteiger partial charge >= 0.3 is 0 Å².